The molecule has 10 heavy (non-hydrogen) atoms. The monoisotopic (exact) mass is 248 g/mol. The minimum absolute atomic E-state index is 1.04. The van der Waals surface area contributed by atoms with Gasteiger partial charge in [0.15, 0.2) is 0 Å². The average molecular weight is 248 g/mol. The number of fused-ring (bicyclic) bond motifs is 3. The van der Waals surface area contributed by atoms with E-state index >= 15 is 0 Å². The zero-order chi connectivity index (χ0) is 6.72. The summed E-state index contributed by atoms with van der Waals surface area (Å²) in [6.45, 7) is 0. The number of halogens is 1. The Hall–Kier alpha value is 0.730. The summed E-state index contributed by atoms with van der Waals surface area (Å²) < 4.78 is 1.04. The minimum Gasteiger partial charge on any atom is -0.0826 e. The second-order valence-electron chi connectivity index (χ2n) is 4.39. The Morgan fingerprint density at radius 2 is 1.50 bits per heavy atom. The van der Waals surface area contributed by atoms with Crippen LogP contribution in [0.1, 0.15) is 25.7 Å². The first-order chi connectivity index (χ1) is 4.84. The van der Waals surface area contributed by atoms with Crippen molar-refractivity contribution in [3.05, 3.63) is 0 Å². The van der Waals surface area contributed by atoms with E-state index in [0.717, 1.165) is 3.92 Å². The fraction of sp³-hybridized carbons (Fsp3) is 1.00. The molecule has 0 radical (unpaired) electrons. The smallest absolute Gasteiger partial charge is 0.0115 e. The quantitative estimate of drug-likeness (QED) is 0.456. The molecule has 0 bridgehead atoms. The van der Waals surface area contributed by atoms with E-state index in [9.17, 15) is 0 Å². The molecule has 5 atom stereocenters. The summed E-state index contributed by atoms with van der Waals surface area (Å²) in [5.74, 6) is 4.78. The number of hydrogen-bond acceptors (Lipinski definition) is 0. The zero-order valence-corrected chi connectivity index (χ0v) is 8.25. The Morgan fingerprint density at radius 1 is 0.800 bits per heavy atom. The maximum atomic E-state index is 2.65. The largest absolute Gasteiger partial charge is 0.0826 e. The lowest BCUT2D eigenvalue weighted by atomic mass is 9.95. The first-order valence-electron chi connectivity index (χ1n) is 4.48. The molecule has 3 rings (SSSR count). The summed E-state index contributed by atoms with van der Waals surface area (Å²) in [7, 11) is 0. The Balaban J connectivity index is 1.82. The summed E-state index contributed by atoms with van der Waals surface area (Å²) in [6.07, 6.45) is 6.32. The van der Waals surface area contributed by atoms with E-state index in [0.29, 0.717) is 0 Å². The van der Waals surface area contributed by atoms with Crippen LogP contribution in [0.15, 0.2) is 0 Å². The van der Waals surface area contributed by atoms with Crippen LogP contribution in [0.3, 0.4) is 0 Å². The summed E-state index contributed by atoms with van der Waals surface area (Å²) in [4.78, 5) is 0. The predicted octanol–water partition coefficient (Wildman–Crippen LogP) is 2.86. The van der Waals surface area contributed by atoms with Gasteiger partial charge in [0.25, 0.3) is 0 Å². The highest BCUT2D eigenvalue weighted by Gasteiger charge is 2.55. The van der Waals surface area contributed by atoms with Gasteiger partial charge in [-0.3, -0.25) is 0 Å². The fourth-order valence-corrected chi connectivity index (χ4v) is 4.58. The van der Waals surface area contributed by atoms with Crippen LogP contribution in [0.25, 0.3) is 0 Å². The molecule has 0 aliphatic heterocycles. The first kappa shape index (κ1) is 6.27. The standard InChI is InChI=1S/C9H13I/c10-7-2-5-1-6-3-8(6)9(5)4-7/h5-9H,1-4H2. The summed E-state index contributed by atoms with van der Waals surface area (Å²) in [5.41, 5.74) is 0. The van der Waals surface area contributed by atoms with Gasteiger partial charge in [-0.15, -0.1) is 0 Å². The molecule has 0 aromatic rings. The maximum absolute atomic E-state index is 2.65. The third-order valence-corrected chi connectivity index (χ3v) is 4.84. The molecule has 3 aliphatic carbocycles. The second-order valence-corrected chi connectivity index (χ2v) is 6.15. The van der Waals surface area contributed by atoms with E-state index in [4.69, 9.17) is 0 Å². The van der Waals surface area contributed by atoms with Crippen molar-refractivity contribution in [1.29, 1.82) is 0 Å². The van der Waals surface area contributed by atoms with Crippen molar-refractivity contribution >= 4 is 22.6 Å². The van der Waals surface area contributed by atoms with Gasteiger partial charge in [-0.1, -0.05) is 22.6 Å². The average Bonchev–Trinajstić information content (AvgIpc) is 2.40. The van der Waals surface area contributed by atoms with Crippen LogP contribution in [0.5, 0.6) is 0 Å². The summed E-state index contributed by atoms with van der Waals surface area (Å²) in [6, 6.07) is 0. The lowest BCUT2D eigenvalue weighted by Crippen LogP contribution is -2.02. The summed E-state index contributed by atoms with van der Waals surface area (Å²) >= 11 is 2.65. The topological polar surface area (TPSA) is 0 Å². The lowest BCUT2D eigenvalue weighted by molar-refractivity contribution is 0.393. The van der Waals surface area contributed by atoms with Crippen molar-refractivity contribution in [2.45, 2.75) is 29.6 Å². The van der Waals surface area contributed by atoms with Crippen molar-refractivity contribution in [3.63, 3.8) is 0 Å². The van der Waals surface area contributed by atoms with Gasteiger partial charge in [-0.2, -0.15) is 0 Å². The van der Waals surface area contributed by atoms with Gasteiger partial charge in [-0.25, -0.2) is 0 Å². The lowest BCUT2D eigenvalue weighted by Gasteiger charge is -2.10. The molecule has 3 saturated carbocycles. The van der Waals surface area contributed by atoms with Crippen LogP contribution in [0.4, 0.5) is 0 Å². The normalized spacial score (nSPS) is 63.9. The van der Waals surface area contributed by atoms with E-state index in [1.165, 1.54) is 23.7 Å². The zero-order valence-electron chi connectivity index (χ0n) is 6.09. The van der Waals surface area contributed by atoms with Crippen LogP contribution in [0, 0.1) is 23.7 Å². The molecule has 0 aromatic heterocycles. The third-order valence-electron chi connectivity index (χ3n) is 3.82. The second kappa shape index (κ2) is 1.90. The Kier molecular flexibility index (Phi) is 1.19. The highest BCUT2D eigenvalue weighted by Crippen LogP contribution is 2.63. The van der Waals surface area contributed by atoms with Crippen molar-refractivity contribution in [2.75, 3.05) is 0 Å². The molecule has 0 amide bonds. The number of rotatable bonds is 0. The van der Waals surface area contributed by atoms with Crippen LogP contribution >= 0.6 is 22.6 Å². The van der Waals surface area contributed by atoms with E-state index < -0.39 is 0 Å². The Bertz CT molecular complexity index is 164. The van der Waals surface area contributed by atoms with Gasteiger partial charge in [0.1, 0.15) is 0 Å². The molecule has 0 spiro atoms. The molecule has 0 aromatic carbocycles. The van der Waals surface area contributed by atoms with Gasteiger partial charge in [0.05, 0.1) is 0 Å². The van der Waals surface area contributed by atoms with Gasteiger partial charge >= 0.3 is 0 Å². The maximum Gasteiger partial charge on any atom is 0.0115 e. The molecule has 1 heteroatoms. The highest BCUT2D eigenvalue weighted by atomic mass is 127. The van der Waals surface area contributed by atoms with Crippen molar-refractivity contribution in [1.82, 2.24) is 0 Å². The molecule has 3 aliphatic rings. The van der Waals surface area contributed by atoms with E-state index in [-0.39, 0.29) is 0 Å². The van der Waals surface area contributed by atoms with Crippen LogP contribution in [-0.2, 0) is 0 Å². The van der Waals surface area contributed by atoms with Crippen LogP contribution in [0.2, 0.25) is 0 Å². The summed E-state index contributed by atoms with van der Waals surface area (Å²) in [5, 5.41) is 0. The molecule has 0 N–H and O–H groups in total. The molecular formula is C9H13I. The van der Waals surface area contributed by atoms with E-state index in [2.05, 4.69) is 22.6 Å². The SMILES string of the molecule is IC1CC2CC3CC3C2C1. The van der Waals surface area contributed by atoms with Crippen molar-refractivity contribution in [3.8, 4) is 0 Å². The molecule has 0 nitrogen and oxygen atoms in total. The highest BCUT2D eigenvalue weighted by molar-refractivity contribution is 14.1. The van der Waals surface area contributed by atoms with Crippen LogP contribution in [-0.4, -0.2) is 3.92 Å². The Morgan fingerprint density at radius 3 is 2.30 bits per heavy atom. The van der Waals surface area contributed by atoms with Gasteiger partial charge in [0, 0.05) is 3.92 Å². The first-order valence-corrected chi connectivity index (χ1v) is 5.73. The molecule has 3 fully saturated rings. The van der Waals surface area contributed by atoms with Crippen molar-refractivity contribution < 1.29 is 0 Å². The number of hydrogen-bond donors (Lipinski definition) is 0. The van der Waals surface area contributed by atoms with E-state index in [1.54, 1.807) is 25.7 Å². The van der Waals surface area contributed by atoms with Gasteiger partial charge < -0.3 is 0 Å². The van der Waals surface area contributed by atoms with Gasteiger partial charge in [-0.05, 0) is 49.4 Å². The molecule has 56 valence electrons. The fourth-order valence-electron chi connectivity index (χ4n) is 3.34. The van der Waals surface area contributed by atoms with Crippen LogP contribution < -0.4 is 0 Å². The Labute approximate surface area is 75.9 Å². The van der Waals surface area contributed by atoms with Gasteiger partial charge in [0.2, 0.25) is 0 Å². The molecule has 5 unspecified atom stereocenters. The predicted molar refractivity (Wildman–Crippen MR) is 50.2 cm³/mol. The molecular weight excluding hydrogens is 235 g/mol. The van der Waals surface area contributed by atoms with Crippen molar-refractivity contribution in [2.24, 2.45) is 23.7 Å². The number of alkyl halides is 1. The minimum atomic E-state index is 1.04. The van der Waals surface area contributed by atoms with E-state index in [1.807, 2.05) is 0 Å². The molecule has 0 heterocycles. The molecule has 0 saturated heterocycles. The third kappa shape index (κ3) is 0.730.